The van der Waals surface area contributed by atoms with Gasteiger partial charge in [0.15, 0.2) is 0 Å². The van der Waals surface area contributed by atoms with E-state index in [4.69, 9.17) is 5.73 Å². The van der Waals surface area contributed by atoms with Crippen molar-refractivity contribution in [2.75, 3.05) is 19.1 Å². The van der Waals surface area contributed by atoms with Crippen molar-refractivity contribution < 1.29 is 0 Å². The summed E-state index contributed by atoms with van der Waals surface area (Å²) in [6.45, 7) is 4.42. The van der Waals surface area contributed by atoms with E-state index in [2.05, 4.69) is 72.2 Å². The zero-order valence-corrected chi connectivity index (χ0v) is 14.7. The quantitative estimate of drug-likeness (QED) is 0.812. The molecule has 0 amide bonds. The van der Waals surface area contributed by atoms with Gasteiger partial charge in [0.25, 0.3) is 0 Å². The number of nitrogens with zero attached hydrogens (tertiary/aromatic N) is 1. The Balaban J connectivity index is 2.97. The monoisotopic (exact) mass is 344 g/mol. The SMILES string of the molecule is CCC(N)C(c1ccc(Br)cc1)N(C)C(C)CSC. The van der Waals surface area contributed by atoms with Crippen LogP contribution in [-0.4, -0.2) is 36.0 Å². The highest BCUT2D eigenvalue weighted by molar-refractivity contribution is 9.10. The van der Waals surface area contributed by atoms with Gasteiger partial charge in [-0.2, -0.15) is 11.8 Å². The number of thioether (sulfide) groups is 1. The van der Waals surface area contributed by atoms with Crippen molar-refractivity contribution in [2.45, 2.75) is 38.4 Å². The molecule has 1 aromatic rings. The fourth-order valence-electron chi connectivity index (χ4n) is 2.30. The lowest BCUT2D eigenvalue weighted by Gasteiger charge is -2.36. The number of hydrogen-bond acceptors (Lipinski definition) is 3. The van der Waals surface area contributed by atoms with Crippen molar-refractivity contribution >= 4 is 27.7 Å². The molecule has 0 radical (unpaired) electrons. The Labute approximate surface area is 130 Å². The zero-order valence-electron chi connectivity index (χ0n) is 12.3. The van der Waals surface area contributed by atoms with Crippen LogP contribution in [0.1, 0.15) is 31.9 Å². The van der Waals surface area contributed by atoms with E-state index in [0.717, 1.165) is 16.6 Å². The van der Waals surface area contributed by atoms with E-state index < -0.39 is 0 Å². The number of nitrogens with two attached hydrogens (primary N) is 1. The van der Waals surface area contributed by atoms with Crippen molar-refractivity contribution in [3.05, 3.63) is 34.3 Å². The lowest BCUT2D eigenvalue weighted by molar-refractivity contribution is 0.171. The number of benzene rings is 1. The molecule has 0 fully saturated rings. The van der Waals surface area contributed by atoms with E-state index in [-0.39, 0.29) is 12.1 Å². The summed E-state index contributed by atoms with van der Waals surface area (Å²) in [6, 6.07) is 9.49. The fourth-order valence-corrected chi connectivity index (χ4v) is 3.28. The van der Waals surface area contributed by atoms with Gasteiger partial charge in [0.1, 0.15) is 0 Å². The van der Waals surface area contributed by atoms with Crippen LogP contribution in [0.15, 0.2) is 28.7 Å². The van der Waals surface area contributed by atoms with Gasteiger partial charge in [0.2, 0.25) is 0 Å². The van der Waals surface area contributed by atoms with Crippen LogP contribution in [0.2, 0.25) is 0 Å². The average molecular weight is 345 g/mol. The summed E-state index contributed by atoms with van der Waals surface area (Å²) in [5.74, 6) is 1.12. The first-order valence-electron chi connectivity index (χ1n) is 6.73. The van der Waals surface area contributed by atoms with Gasteiger partial charge in [-0.3, -0.25) is 4.90 Å². The zero-order chi connectivity index (χ0) is 14.4. The molecule has 0 heterocycles. The van der Waals surface area contributed by atoms with E-state index in [0.29, 0.717) is 6.04 Å². The van der Waals surface area contributed by atoms with Crippen LogP contribution in [0.3, 0.4) is 0 Å². The second-order valence-electron chi connectivity index (χ2n) is 5.04. The van der Waals surface area contributed by atoms with Crippen molar-refractivity contribution in [1.82, 2.24) is 4.90 Å². The standard InChI is InChI=1S/C15H25BrN2S/c1-5-14(17)15(18(3)11(2)10-19-4)12-6-8-13(16)9-7-12/h6-9,11,14-15H,5,10,17H2,1-4H3. The Kier molecular flexibility index (Phi) is 7.44. The Bertz CT molecular complexity index is 369. The minimum Gasteiger partial charge on any atom is -0.326 e. The molecule has 0 aromatic heterocycles. The Morgan fingerprint density at radius 1 is 1.32 bits per heavy atom. The van der Waals surface area contributed by atoms with Crippen LogP contribution in [0, 0.1) is 0 Å². The second-order valence-corrected chi connectivity index (χ2v) is 6.86. The highest BCUT2D eigenvalue weighted by atomic mass is 79.9. The van der Waals surface area contributed by atoms with Crippen LogP contribution in [0.25, 0.3) is 0 Å². The van der Waals surface area contributed by atoms with Crippen LogP contribution < -0.4 is 5.73 Å². The summed E-state index contributed by atoms with van der Waals surface area (Å²) < 4.78 is 1.11. The normalized spacial score (nSPS) is 16.4. The highest BCUT2D eigenvalue weighted by Crippen LogP contribution is 2.27. The van der Waals surface area contributed by atoms with Crippen LogP contribution >= 0.6 is 27.7 Å². The van der Waals surface area contributed by atoms with Gasteiger partial charge in [-0.1, -0.05) is 35.0 Å². The van der Waals surface area contributed by atoms with Gasteiger partial charge >= 0.3 is 0 Å². The first-order valence-corrected chi connectivity index (χ1v) is 8.91. The van der Waals surface area contributed by atoms with E-state index in [1.165, 1.54) is 5.56 Å². The number of likely N-dealkylation sites (N-methyl/N-ethyl adjacent to an activating group) is 1. The molecule has 108 valence electrons. The summed E-state index contributed by atoms with van der Waals surface area (Å²) in [7, 11) is 2.18. The van der Waals surface area contributed by atoms with Crippen molar-refractivity contribution in [1.29, 1.82) is 0 Å². The third kappa shape index (κ3) is 4.78. The van der Waals surface area contributed by atoms with Crippen molar-refractivity contribution in [2.24, 2.45) is 5.73 Å². The van der Waals surface area contributed by atoms with Gasteiger partial charge in [0, 0.05) is 28.4 Å². The topological polar surface area (TPSA) is 29.3 Å². The third-order valence-corrected chi connectivity index (χ3v) is 4.97. The summed E-state index contributed by atoms with van der Waals surface area (Å²) in [6.07, 6.45) is 3.13. The maximum absolute atomic E-state index is 6.36. The predicted molar refractivity (Wildman–Crippen MR) is 90.8 cm³/mol. The maximum atomic E-state index is 6.36. The van der Waals surface area contributed by atoms with Gasteiger partial charge in [0.05, 0.1) is 0 Å². The summed E-state index contributed by atoms with van der Waals surface area (Å²) in [5.41, 5.74) is 7.66. The molecule has 0 bridgehead atoms. The first kappa shape index (κ1) is 17.0. The molecule has 0 saturated heterocycles. The molecule has 0 saturated carbocycles. The number of rotatable bonds is 7. The van der Waals surface area contributed by atoms with Crippen LogP contribution in [0.4, 0.5) is 0 Å². The van der Waals surface area contributed by atoms with E-state index in [1.54, 1.807) is 0 Å². The summed E-state index contributed by atoms with van der Waals surface area (Å²) in [5, 5.41) is 0. The number of halogens is 1. The van der Waals surface area contributed by atoms with Crippen LogP contribution in [-0.2, 0) is 0 Å². The first-order chi connectivity index (χ1) is 9.01. The Morgan fingerprint density at radius 3 is 2.37 bits per heavy atom. The molecule has 19 heavy (non-hydrogen) atoms. The van der Waals surface area contributed by atoms with E-state index in [1.807, 2.05) is 11.8 Å². The lowest BCUT2D eigenvalue weighted by atomic mass is 9.96. The molecule has 0 aliphatic heterocycles. The fraction of sp³-hybridized carbons (Fsp3) is 0.600. The molecule has 0 spiro atoms. The molecular weight excluding hydrogens is 320 g/mol. The molecule has 2 nitrogen and oxygen atoms in total. The molecular formula is C15H25BrN2S. The van der Waals surface area contributed by atoms with Crippen molar-refractivity contribution in [3.8, 4) is 0 Å². The lowest BCUT2D eigenvalue weighted by Crippen LogP contribution is -2.43. The average Bonchev–Trinajstić information content (AvgIpc) is 2.41. The highest BCUT2D eigenvalue weighted by Gasteiger charge is 2.26. The van der Waals surface area contributed by atoms with E-state index in [9.17, 15) is 0 Å². The van der Waals surface area contributed by atoms with Gasteiger partial charge in [-0.05, 0) is 44.3 Å². The number of hydrogen-bond donors (Lipinski definition) is 1. The van der Waals surface area contributed by atoms with Gasteiger partial charge < -0.3 is 5.73 Å². The summed E-state index contributed by atoms with van der Waals surface area (Å²) >= 11 is 5.37. The molecule has 1 aromatic carbocycles. The molecule has 0 aliphatic rings. The Morgan fingerprint density at radius 2 is 1.89 bits per heavy atom. The van der Waals surface area contributed by atoms with Gasteiger partial charge in [-0.15, -0.1) is 0 Å². The largest absolute Gasteiger partial charge is 0.326 e. The van der Waals surface area contributed by atoms with E-state index >= 15 is 0 Å². The smallest absolute Gasteiger partial charge is 0.0499 e. The molecule has 1 rings (SSSR count). The molecule has 3 atom stereocenters. The molecule has 3 unspecified atom stereocenters. The van der Waals surface area contributed by atoms with Crippen molar-refractivity contribution in [3.63, 3.8) is 0 Å². The minimum absolute atomic E-state index is 0.162. The van der Waals surface area contributed by atoms with Gasteiger partial charge in [-0.25, -0.2) is 0 Å². The maximum Gasteiger partial charge on any atom is 0.0499 e. The third-order valence-electron chi connectivity index (χ3n) is 3.63. The van der Waals surface area contributed by atoms with Crippen LogP contribution in [0.5, 0.6) is 0 Å². The molecule has 2 N–H and O–H groups in total. The predicted octanol–water partition coefficient (Wildman–Crippen LogP) is 3.91. The second kappa shape index (κ2) is 8.30. The molecule has 4 heteroatoms. The minimum atomic E-state index is 0.162. The Hall–Kier alpha value is -0.0300. The molecule has 0 aliphatic carbocycles. The summed E-state index contributed by atoms with van der Waals surface area (Å²) in [4.78, 5) is 2.41.